The zero-order valence-electron chi connectivity index (χ0n) is 35.8. The van der Waals surface area contributed by atoms with Crippen LogP contribution in [0.4, 0.5) is 0 Å². The van der Waals surface area contributed by atoms with Gasteiger partial charge in [0.05, 0.1) is 19.8 Å². The summed E-state index contributed by atoms with van der Waals surface area (Å²) in [5.41, 5.74) is 0. The zero-order chi connectivity index (χ0) is 41.9. The summed E-state index contributed by atoms with van der Waals surface area (Å²) in [6, 6.07) is 0. The second-order valence-electron chi connectivity index (χ2n) is 14.7. The highest BCUT2D eigenvalue weighted by molar-refractivity contribution is 7.47. The maximum absolute atomic E-state index is 12.6. The highest BCUT2D eigenvalue weighted by Crippen LogP contribution is 2.43. The molecule has 3 N–H and O–H groups in total. The highest BCUT2D eigenvalue weighted by atomic mass is 31.2. The van der Waals surface area contributed by atoms with Gasteiger partial charge in [-0.05, 0) is 57.8 Å². The molecule has 0 aliphatic rings. The monoisotopic (exact) mass is 825 g/mol. The van der Waals surface area contributed by atoms with Crippen molar-refractivity contribution in [2.45, 2.75) is 193 Å². The Bertz CT molecular complexity index is 1130. The molecule has 0 aromatic rings. The molecule has 11 heteroatoms. The minimum Gasteiger partial charge on any atom is -0.462 e. The highest BCUT2D eigenvalue weighted by Gasteiger charge is 2.27. The lowest BCUT2D eigenvalue weighted by Crippen LogP contribution is -2.29. The fraction of sp³-hybridized carbons (Fsp3) is 0.739. The summed E-state index contributed by atoms with van der Waals surface area (Å²) in [6.07, 6.45) is 46.1. The Labute approximate surface area is 346 Å². The van der Waals surface area contributed by atoms with Crippen molar-refractivity contribution in [3.05, 3.63) is 60.8 Å². The Morgan fingerprint density at radius 2 is 0.965 bits per heavy atom. The van der Waals surface area contributed by atoms with Crippen LogP contribution in [0.25, 0.3) is 0 Å². The van der Waals surface area contributed by atoms with Gasteiger partial charge in [-0.3, -0.25) is 18.6 Å². The van der Waals surface area contributed by atoms with Gasteiger partial charge in [0, 0.05) is 12.8 Å². The number of phosphoric acid groups is 1. The fourth-order valence-electron chi connectivity index (χ4n) is 5.78. The minimum atomic E-state index is -4.63. The topological polar surface area (TPSA) is 149 Å². The van der Waals surface area contributed by atoms with Crippen LogP contribution in [-0.4, -0.2) is 65.7 Å². The summed E-state index contributed by atoms with van der Waals surface area (Å²) in [5.74, 6) is -0.961. The SMILES string of the molecule is CCC=CCC=CCC=CCC=CCC=CCCCCCC(=O)OC(COC(=O)CCCCCCCCCCCCCCCCC)COP(=O)(O)OCC(O)CO. The van der Waals surface area contributed by atoms with Gasteiger partial charge in [0.2, 0.25) is 0 Å². The van der Waals surface area contributed by atoms with E-state index in [0.717, 1.165) is 70.6 Å². The van der Waals surface area contributed by atoms with Gasteiger partial charge in [-0.2, -0.15) is 0 Å². The molecule has 330 valence electrons. The molecule has 0 aliphatic carbocycles. The van der Waals surface area contributed by atoms with Crippen LogP contribution in [0.15, 0.2) is 60.8 Å². The van der Waals surface area contributed by atoms with Crippen LogP contribution in [0, 0.1) is 0 Å². The number of allylic oxidation sites excluding steroid dienone is 10. The first-order valence-electron chi connectivity index (χ1n) is 22.2. The van der Waals surface area contributed by atoms with E-state index in [-0.39, 0.29) is 19.4 Å². The normalized spacial score (nSPS) is 14.4. The molecule has 0 radical (unpaired) electrons. The summed E-state index contributed by atoms with van der Waals surface area (Å²) < 4.78 is 32.7. The molecule has 0 heterocycles. The number of carbonyl (C=O) groups is 2. The molecule has 0 aromatic heterocycles. The summed E-state index contributed by atoms with van der Waals surface area (Å²) in [5, 5.41) is 18.3. The van der Waals surface area contributed by atoms with Gasteiger partial charge in [-0.1, -0.05) is 171 Å². The van der Waals surface area contributed by atoms with Crippen molar-refractivity contribution >= 4 is 19.8 Å². The maximum Gasteiger partial charge on any atom is 0.472 e. The first kappa shape index (κ1) is 54.7. The van der Waals surface area contributed by atoms with Crippen LogP contribution in [-0.2, 0) is 32.7 Å². The Hall–Kier alpha value is -2.33. The van der Waals surface area contributed by atoms with Gasteiger partial charge in [-0.15, -0.1) is 0 Å². The molecule has 57 heavy (non-hydrogen) atoms. The molecule has 3 unspecified atom stereocenters. The van der Waals surface area contributed by atoms with Crippen LogP contribution in [0.1, 0.15) is 181 Å². The summed E-state index contributed by atoms with van der Waals surface area (Å²) >= 11 is 0. The van der Waals surface area contributed by atoms with Gasteiger partial charge in [0.1, 0.15) is 12.7 Å². The van der Waals surface area contributed by atoms with E-state index in [2.05, 4.69) is 79.1 Å². The number of phosphoric ester groups is 1. The summed E-state index contributed by atoms with van der Waals surface area (Å²) in [7, 11) is -4.63. The number of hydrogen-bond donors (Lipinski definition) is 3. The van der Waals surface area contributed by atoms with E-state index in [0.29, 0.717) is 12.8 Å². The number of ether oxygens (including phenoxy) is 2. The van der Waals surface area contributed by atoms with Crippen LogP contribution >= 0.6 is 7.82 Å². The maximum atomic E-state index is 12.6. The average Bonchev–Trinajstić information content (AvgIpc) is 3.20. The number of hydrogen-bond acceptors (Lipinski definition) is 9. The largest absolute Gasteiger partial charge is 0.472 e. The van der Waals surface area contributed by atoms with Crippen LogP contribution in [0.3, 0.4) is 0 Å². The third kappa shape index (κ3) is 41.6. The van der Waals surface area contributed by atoms with Gasteiger partial charge in [0.25, 0.3) is 0 Å². The lowest BCUT2D eigenvalue weighted by molar-refractivity contribution is -0.161. The van der Waals surface area contributed by atoms with E-state index < -0.39 is 51.8 Å². The van der Waals surface area contributed by atoms with E-state index in [1.165, 1.54) is 70.6 Å². The number of aliphatic hydroxyl groups is 2. The molecule has 0 saturated heterocycles. The smallest absolute Gasteiger partial charge is 0.462 e. The van der Waals surface area contributed by atoms with Crippen molar-refractivity contribution in [3.8, 4) is 0 Å². The van der Waals surface area contributed by atoms with Crippen molar-refractivity contribution < 1.29 is 47.8 Å². The number of carbonyl (C=O) groups excluding carboxylic acids is 2. The van der Waals surface area contributed by atoms with Crippen molar-refractivity contribution in [3.63, 3.8) is 0 Å². The van der Waals surface area contributed by atoms with Crippen LogP contribution in [0.5, 0.6) is 0 Å². The van der Waals surface area contributed by atoms with E-state index in [9.17, 15) is 24.2 Å². The van der Waals surface area contributed by atoms with Crippen LogP contribution in [0.2, 0.25) is 0 Å². The average molecular weight is 825 g/mol. The zero-order valence-corrected chi connectivity index (χ0v) is 36.7. The minimum absolute atomic E-state index is 0.144. The second kappa shape index (κ2) is 41.8. The summed E-state index contributed by atoms with van der Waals surface area (Å²) in [6.45, 7) is 2.23. The van der Waals surface area contributed by atoms with Crippen LogP contribution < -0.4 is 0 Å². The van der Waals surface area contributed by atoms with Crippen molar-refractivity contribution in [2.24, 2.45) is 0 Å². The molecule has 0 aromatic carbocycles. The quantitative estimate of drug-likeness (QED) is 0.0235. The molecule has 0 bridgehead atoms. The molecule has 0 saturated carbocycles. The Morgan fingerprint density at radius 1 is 0.544 bits per heavy atom. The molecule has 0 rings (SSSR count). The second-order valence-corrected chi connectivity index (χ2v) is 16.2. The standard InChI is InChI=1S/C46H81O10P/c1-3-5-7-9-11-13-15-17-19-20-21-22-24-26-28-30-32-34-36-38-46(50)56-44(42-55-57(51,52)54-40-43(48)39-47)41-53-45(49)37-35-33-31-29-27-25-23-18-16-14-12-10-8-6-4-2/h5,7,11,13,17,19,21-22,26,28,43-44,47-48H,3-4,6,8-10,12,14-16,18,20,23-25,27,29-42H2,1-2H3,(H,51,52). The molecule has 0 amide bonds. The molecular formula is C46H81O10P. The third-order valence-electron chi connectivity index (χ3n) is 9.19. The molecule has 0 fully saturated rings. The van der Waals surface area contributed by atoms with E-state index in [1.807, 2.05) is 0 Å². The van der Waals surface area contributed by atoms with Crippen molar-refractivity contribution in [1.82, 2.24) is 0 Å². The molecular weight excluding hydrogens is 743 g/mol. The van der Waals surface area contributed by atoms with Crippen molar-refractivity contribution in [1.29, 1.82) is 0 Å². The Morgan fingerprint density at radius 3 is 1.46 bits per heavy atom. The van der Waals surface area contributed by atoms with Gasteiger partial charge in [-0.25, -0.2) is 4.57 Å². The molecule has 0 spiro atoms. The molecule has 0 aliphatic heterocycles. The van der Waals surface area contributed by atoms with Gasteiger partial charge >= 0.3 is 19.8 Å². The first-order chi connectivity index (χ1) is 27.7. The lowest BCUT2D eigenvalue weighted by atomic mass is 10.0. The van der Waals surface area contributed by atoms with E-state index in [1.54, 1.807) is 0 Å². The Balaban J connectivity index is 4.35. The molecule has 10 nitrogen and oxygen atoms in total. The number of rotatable bonds is 41. The number of aliphatic hydroxyl groups excluding tert-OH is 2. The fourth-order valence-corrected chi connectivity index (χ4v) is 6.57. The van der Waals surface area contributed by atoms with E-state index in [4.69, 9.17) is 19.1 Å². The third-order valence-corrected chi connectivity index (χ3v) is 10.1. The lowest BCUT2D eigenvalue weighted by Gasteiger charge is -2.20. The first-order valence-corrected chi connectivity index (χ1v) is 23.7. The van der Waals surface area contributed by atoms with Crippen molar-refractivity contribution in [2.75, 3.05) is 26.4 Å². The Kier molecular flexibility index (Phi) is 40.1. The predicted octanol–water partition coefficient (Wildman–Crippen LogP) is 11.9. The number of esters is 2. The van der Waals surface area contributed by atoms with E-state index >= 15 is 0 Å². The number of unbranched alkanes of at least 4 members (excludes halogenated alkanes) is 17. The summed E-state index contributed by atoms with van der Waals surface area (Å²) in [4.78, 5) is 35.0. The molecule has 3 atom stereocenters. The predicted molar refractivity (Wildman–Crippen MR) is 233 cm³/mol. The van der Waals surface area contributed by atoms with Gasteiger partial charge in [0.15, 0.2) is 6.10 Å². The van der Waals surface area contributed by atoms with Gasteiger partial charge < -0.3 is 24.6 Å².